The maximum Gasteiger partial charge on any atom is 0.419 e. The van der Waals surface area contributed by atoms with Crippen molar-refractivity contribution in [2.24, 2.45) is 7.05 Å². The Balaban J connectivity index is 1.62. The van der Waals surface area contributed by atoms with Gasteiger partial charge in [-0.15, -0.1) is 0 Å². The quantitative estimate of drug-likeness (QED) is 0.569. The predicted molar refractivity (Wildman–Crippen MR) is 100 cm³/mol. The van der Waals surface area contributed by atoms with E-state index in [0.29, 0.717) is 17.7 Å². The van der Waals surface area contributed by atoms with Crippen molar-refractivity contribution in [3.8, 4) is 0 Å². The fraction of sp³-hybridized carbons (Fsp3) is 0.111. The van der Waals surface area contributed by atoms with Gasteiger partial charge in [-0.1, -0.05) is 12.1 Å². The molecule has 2 heterocycles. The third-order valence-corrected chi connectivity index (χ3v) is 5.54. The molecule has 0 aliphatic carbocycles. The second-order valence-corrected chi connectivity index (χ2v) is 7.75. The first-order valence-electron chi connectivity index (χ1n) is 8.11. The molecule has 4 aromatic rings. The number of aromatic nitrogens is 3. The highest BCUT2D eigenvalue weighted by Gasteiger charge is 2.17. The van der Waals surface area contributed by atoms with Crippen molar-refractivity contribution in [1.29, 1.82) is 0 Å². The number of hydrogen-bond acceptors (Lipinski definition) is 5. The molecule has 9 heteroatoms. The van der Waals surface area contributed by atoms with Gasteiger partial charge in [0.2, 0.25) is 0 Å². The lowest BCUT2D eigenvalue weighted by molar-refractivity contribution is 0.527. The van der Waals surface area contributed by atoms with Gasteiger partial charge in [-0.3, -0.25) is 14.0 Å². The van der Waals surface area contributed by atoms with Gasteiger partial charge in [-0.25, -0.2) is 13.2 Å². The number of nitrogens with one attached hydrogen (secondary N) is 1. The molecule has 27 heavy (non-hydrogen) atoms. The molecule has 0 spiro atoms. The average Bonchev–Trinajstić information content (AvgIpc) is 3.23. The number of benzene rings is 2. The van der Waals surface area contributed by atoms with Gasteiger partial charge in [0.1, 0.15) is 0 Å². The normalized spacial score (nSPS) is 11.7. The Kier molecular flexibility index (Phi) is 4.08. The van der Waals surface area contributed by atoms with E-state index in [0.717, 1.165) is 5.56 Å². The number of sulfonamides is 1. The monoisotopic (exact) mass is 384 g/mol. The zero-order valence-corrected chi connectivity index (χ0v) is 15.2. The van der Waals surface area contributed by atoms with Crippen LogP contribution in [0.4, 0.5) is 5.69 Å². The van der Waals surface area contributed by atoms with E-state index in [4.69, 9.17) is 4.42 Å². The summed E-state index contributed by atoms with van der Waals surface area (Å²) in [6.07, 6.45) is 3.52. The van der Waals surface area contributed by atoms with Crippen molar-refractivity contribution in [3.63, 3.8) is 0 Å². The van der Waals surface area contributed by atoms with E-state index >= 15 is 0 Å². The molecule has 138 valence electrons. The summed E-state index contributed by atoms with van der Waals surface area (Å²) in [6.45, 7) is 0.531. The highest BCUT2D eigenvalue weighted by molar-refractivity contribution is 7.92. The molecule has 0 saturated heterocycles. The standard InChI is InChI=1S/C18H16N4O4S/c1-21-16-7-6-15(11-17(16)26-18(21)23)27(24,25)20-14-5-2-4-13(10-14)12-22-9-3-8-19-22/h2-11,20H,12H2,1H3. The van der Waals surface area contributed by atoms with Gasteiger partial charge in [-0.2, -0.15) is 5.10 Å². The van der Waals surface area contributed by atoms with Crippen LogP contribution in [0, 0.1) is 0 Å². The van der Waals surface area contributed by atoms with Gasteiger partial charge in [0.15, 0.2) is 5.58 Å². The maximum absolute atomic E-state index is 12.7. The van der Waals surface area contributed by atoms with Gasteiger partial charge in [0.05, 0.1) is 17.0 Å². The molecule has 0 fully saturated rings. The largest absolute Gasteiger partial charge is 0.419 e. The minimum atomic E-state index is -3.83. The van der Waals surface area contributed by atoms with Gasteiger partial charge >= 0.3 is 5.76 Å². The Hall–Kier alpha value is -3.33. The lowest BCUT2D eigenvalue weighted by Gasteiger charge is -2.10. The van der Waals surface area contributed by atoms with Crippen LogP contribution in [-0.2, 0) is 23.6 Å². The molecule has 0 saturated carbocycles. The number of aryl methyl sites for hydroxylation is 1. The minimum absolute atomic E-state index is 0.0156. The predicted octanol–water partition coefficient (Wildman–Crippen LogP) is 2.18. The van der Waals surface area contributed by atoms with E-state index in [1.54, 1.807) is 42.2 Å². The second kappa shape index (κ2) is 6.44. The highest BCUT2D eigenvalue weighted by Crippen LogP contribution is 2.21. The molecule has 0 bridgehead atoms. The van der Waals surface area contributed by atoms with Crippen LogP contribution in [0.15, 0.2) is 75.0 Å². The van der Waals surface area contributed by atoms with Crippen LogP contribution in [0.3, 0.4) is 0 Å². The average molecular weight is 384 g/mol. The first-order chi connectivity index (χ1) is 12.9. The van der Waals surface area contributed by atoms with Crippen molar-refractivity contribution in [2.45, 2.75) is 11.4 Å². The minimum Gasteiger partial charge on any atom is -0.408 e. The van der Waals surface area contributed by atoms with E-state index in [1.807, 2.05) is 18.3 Å². The first kappa shape index (κ1) is 17.1. The lowest BCUT2D eigenvalue weighted by Crippen LogP contribution is -2.13. The van der Waals surface area contributed by atoms with Gasteiger partial charge in [-0.05, 0) is 35.9 Å². The molecule has 0 unspecified atom stereocenters. The third-order valence-electron chi connectivity index (χ3n) is 4.16. The number of oxazole rings is 1. The van der Waals surface area contributed by atoms with E-state index in [2.05, 4.69) is 9.82 Å². The van der Waals surface area contributed by atoms with Crippen LogP contribution >= 0.6 is 0 Å². The van der Waals surface area contributed by atoms with Gasteiger partial charge < -0.3 is 4.42 Å². The molecular weight excluding hydrogens is 368 g/mol. The fourth-order valence-electron chi connectivity index (χ4n) is 2.81. The topological polar surface area (TPSA) is 99.1 Å². The third kappa shape index (κ3) is 3.36. The maximum atomic E-state index is 12.7. The molecule has 0 amide bonds. The summed E-state index contributed by atoms with van der Waals surface area (Å²) in [5.74, 6) is -0.543. The molecule has 1 N–H and O–H groups in total. The summed E-state index contributed by atoms with van der Waals surface area (Å²) in [5.41, 5.74) is 2.09. The molecule has 4 rings (SSSR count). The summed E-state index contributed by atoms with van der Waals surface area (Å²) in [7, 11) is -2.27. The zero-order chi connectivity index (χ0) is 19.0. The summed E-state index contributed by atoms with van der Waals surface area (Å²) < 4.78 is 36.1. The number of nitrogens with zero attached hydrogens (tertiary/aromatic N) is 3. The number of hydrogen-bond donors (Lipinski definition) is 1. The van der Waals surface area contributed by atoms with E-state index in [9.17, 15) is 13.2 Å². The molecule has 0 aliphatic rings. The number of anilines is 1. The smallest absolute Gasteiger partial charge is 0.408 e. The summed E-state index contributed by atoms with van der Waals surface area (Å²) in [6, 6.07) is 13.2. The second-order valence-electron chi connectivity index (χ2n) is 6.07. The summed E-state index contributed by atoms with van der Waals surface area (Å²) in [5, 5.41) is 4.14. The number of rotatable bonds is 5. The molecule has 0 atom stereocenters. The van der Waals surface area contributed by atoms with Crippen LogP contribution in [-0.4, -0.2) is 22.8 Å². The Morgan fingerprint density at radius 1 is 1.15 bits per heavy atom. The Morgan fingerprint density at radius 2 is 2.00 bits per heavy atom. The van der Waals surface area contributed by atoms with Crippen LogP contribution in [0.5, 0.6) is 0 Å². The van der Waals surface area contributed by atoms with Gasteiger partial charge in [0, 0.05) is 31.2 Å². The van der Waals surface area contributed by atoms with E-state index < -0.39 is 15.8 Å². The van der Waals surface area contributed by atoms with E-state index in [-0.39, 0.29) is 10.5 Å². The summed E-state index contributed by atoms with van der Waals surface area (Å²) >= 11 is 0. The van der Waals surface area contributed by atoms with Crippen LogP contribution in [0.1, 0.15) is 5.56 Å². The molecule has 0 aliphatic heterocycles. The van der Waals surface area contributed by atoms with Crippen molar-refractivity contribution >= 4 is 26.8 Å². The molecule has 0 radical (unpaired) electrons. The summed E-state index contributed by atoms with van der Waals surface area (Å²) in [4.78, 5) is 11.6. The van der Waals surface area contributed by atoms with Crippen LogP contribution in [0.2, 0.25) is 0 Å². The van der Waals surface area contributed by atoms with E-state index in [1.165, 1.54) is 16.7 Å². The van der Waals surface area contributed by atoms with Crippen molar-refractivity contribution < 1.29 is 12.8 Å². The molecular formula is C18H16N4O4S. The molecule has 8 nitrogen and oxygen atoms in total. The Morgan fingerprint density at radius 3 is 2.78 bits per heavy atom. The number of fused-ring (bicyclic) bond motifs is 1. The SMILES string of the molecule is Cn1c(=O)oc2cc(S(=O)(=O)Nc3cccc(Cn4cccn4)c3)ccc21. The van der Waals surface area contributed by atoms with Gasteiger partial charge in [0.25, 0.3) is 10.0 Å². The molecule has 2 aromatic carbocycles. The van der Waals surface area contributed by atoms with Crippen LogP contribution in [0.25, 0.3) is 11.1 Å². The molecule has 2 aromatic heterocycles. The highest BCUT2D eigenvalue weighted by atomic mass is 32.2. The van der Waals surface area contributed by atoms with Crippen LogP contribution < -0.4 is 10.5 Å². The van der Waals surface area contributed by atoms with Crippen molar-refractivity contribution in [1.82, 2.24) is 14.3 Å². The lowest BCUT2D eigenvalue weighted by atomic mass is 10.2. The zero-order valence-electron chi connectivity index (χ0n) is 14.4. The Labute approximate surface area is 154 Å². The van der Waals surface area contributed by atoms with Crippen molar-refractivity contribution in [3.05, 3.63) is 77.0 Å². The van der Waals surface area contributed by atoms with Crippen molar-refractivity contribution in [2.75, 3.05) is 4.72 Å². The fourth-order valence-corrected chi connectivity index (χ4v) is 3.87. The first-order valence-corrected chi connectivity index (χ1v) is 9.59. The Bertz CT molecular complexity index is 1270.